The van der Waals surface area contributed by atoms with E-state index in [2.05, 4.69) is 20.1 Å². The Bertz CT molecular complexity index is 1630. The van der Waals surface area contributed by atoms with Crippen LogP contribution in [0.5, 0.6) is 0 Å². The Hall–Kier alpha value is -4.35. The lowest BCUT2D eigenvalue weighted by Crippen LogP contribution is -2.24. The van der Waals surface area contributed by atoms with Gasteiger partial charge in [0.05, 0.1) is 35.8 Å². The van der Waals surface area contributed by atoms with Gasteiger partial charge in [0, 0.05) is 5.56 Å². The molecule has 5 aromatic rings. The molecule has 0 saturated heterocycles. The molecule has 176 valence electrons. The molecule has 35 heavy (non-hydrogen) atoms. The van der Waals surface area contributed by atoms with E-state index in [0.29, 0.717) is 28.2 Å². The summed E-state index contributed by atoms with van der Waals surface area (Å²) in [5.41, 5.74) is 14.3. The maximum absolute atomic E-state index is 13.5. The zero-order chi connectivity index (χ0) is 24.7. The number of aromatic nitrogens is 6. The number of halogens is 2. The largest absolute Gasteiger partial charge is 0.390 e. The summed E-state index contributed by atoms with van der Waals surface area (Å²) < 4.78 is 15.9. The third-order valence-corrected chi connectivity index (χ3v) is 5.54. The van der Waals surface area contributed by atoms with Crippen molar-refractivity contribution in [3.63, 3.8) is 0 Å². The second kappa shape index (κ2) is 8.78. The Morgan fingerprint density at radius 3 is 2.46 bits per heavy atom. The SMILES string of the molecule is Nc1nc(Cn2nc3c(-c4cc(Cl)nc(CO)c4)c(-c4ccccc4)nc(N)n3c2=O)ccc1F. The van der Waals surface area contributed by atoms with Gasteiger partial charge in [0.25, 0.3) is 0 Å². The summed E-state index contributed by atoms with van der Waals surface area (Å²) in [6.45, 7) is -0.421. The lowest BCUT2D eigenvalue weighted by molar-refractivity contribution is 0.277. The van der Waals surface area contributed by atoms with E-state index in [-0.39, 0.29) is 35.7 Å². The Balaban J connectivity index is 1.80. The lowest BCUT2D eigenvalue weighted by atomic mass is 10.00. The van der Waals surface area contributed by atoms with Crippen molar-refractivity contribution in [1.29, 1.82) is 0 Å². The predicted octanol–water partition coefficient (Wildman–Crippen LogP) is 2.51. The van der Waals surface area contributed by atoms with Crippen molar-refractivity contribution in [2.45, 2.75) is 13.2 Å². The van der Waals surface area contributed by atoms with E-state index in [1.165, 1.54) is 16.5 Å². The van der Waals surface area contributed by atoms with E-state index in [1.54, 1.807) is 12.1 Å². The Kier molecular flexibility index (Phi) is 5.63. The average molecular weight is 493 g/mol. The number of nitrogens with zero attached hydrogens (tertiary/aromatic N) is 6. The van der Waals surface area contributed by atoms with Crippen LogP contribution in [0.15, 0.2) is 59.4 Å². The van der Waals surface area contributed by atoms with Gasteiger partial charge in [-0.15, -0.1) is 5.10 Å². The van der Waals surface area contributed by atoms with Crippen LogP contribution in [0, 0.1) is 5.82 Å². The number of hydrogen-bond donors (Lipinski definition) is 3. The van der Waals surface area contributed by atoms with E-state index in [1.807, 2.05) is 30.3 Å². The minimum Gasteiger partial charge on any atom is -0.390 e. The molecule has 5 rings (SSSR count). The highest BCUT2D eigenvalue weighted by Crippen LogP contribution is 2.35. The van der Waals surface area contributed by atoms with Crippen LogP contribution >= 0.6 is 11.6 Å². The van der Waals surface area contributed by atoms with Gasteiger partial charge in [-0.25, -0.2) is 33.2 Å². The molecule has 5 N–H and O–H groups in total. The van der Waals surface area contributed by atoms with Crippen molar-refractivity contribution in [3.05, 3.63) is 87.4 Å². The molecule has 4 aromatic heterocycles. The average Bonchev–Trinajstić information content (AvgIpc) is 3.17. The zero-order valence-corrected chi connectivity index (χ0v) is 18.8. The fraction of sp³-hybridized carbons (Fsp3) is 0.0870. The van der Waals surface area contributed by atoms with Gasteiger partial charge in [0.1, 0.15) is 5.15 Å². The molecule has 0 fully saturated rings. The minimum atomic E-state index is -0.659. The maximum atomic E-state index is 13.5. The van der Waals surface area contributed by atoms with Gasteiger partial charge in [0.15, 0.2) is 17.3 Å². The van der Waals surface area contributed by atoms with E-state index < -0.39 is 11.5 Å². The van der Waals surface area contributed by atoms with Crippen LogP contribution in [0.4, 0.5) is 16.2 Å². The van der Waals surface area contributed by atoms with Gasteiger partial charge in [0.2, 0.25) is 5.95 Å². The second-order valence-electron chi connectivity index (χ2n) is 7.66. The van der Waals surface area contributed by atoms with Crippen molar-refractivity contribution in [1.82, 2.24) is 29.1 Å². The highest BCUT2D eigenvalue weighted by atomic mass is 35.5. The summed E-state index contributed by atoms with van der Waals surface area (Å²) in [5, 5.41) is 14.3. The first-order valence-electron chi connectivity index (χ1n) is 10.4. The van der Waals surface area contributed by atoms with Gasteiger partial charge in [-0.2, -0.15) is 0 Å². The first-order chi connectivity index (χ1) is 16.9. The first-order valence-corrected chi connectivity index (χ1v) is 10.8. The van der Waals surface area contributed by atoms with Crippen molar-refractivity contribution in [2.24, 2.45) is 0 Å². The molecule has 0 bridgehead atoms. The highest BCUT2D eigenvalue weighted by Gasteiger charge is 2.22. The standard InChI is InChI=1S/C23H18ClFN8O2/c24-17-9-13(8-15(11-34)28-17)18-19(12-4-2-1-3-5-12)30-22(27)33-21(18)31-32(23(33)35)10-14-6-7-16(25)20(26)29-14/h1-9,34H,10-11H2,(H2,26,29)(H2,27,30). The molecular weight excluding hydrogens is 475 g/mol. The number of hydrogen-bond acceptors (Lipinski definition) is 8. The van der Waals surface area contributed by atoms with Crippen molar-refractivity contribution in [3.8, 4) is 22.4 Å². The molecule has 0 spiro atoms. The fourth-order valence-electron chi connectivity index (χ4n) is 3.79. The van der Waals surface area contributed by atoms with Crippen molar-refractivity contribution in [2.75, 3.05) is 11.5 Å². The minimum absolute atomic E-state index is 0.0760. The quantitative estimate of drug-likeness (QED) is 0.317. The van der Waals surface area contributed by atoms with Crippen molar-refractivity contribution >= 4 is 29.0 Å². The van der Waals surface area contributed by atoms with Crippen LogP contribution < -0.4 is 17.2 Å². The monoisotopic (exact) mass is 492 g/mol. The van der Waals surface area contributed by atoms with Gasteiger partial charge < -0.3 is 16.6 Å². The molecule has 0 atom stereocenters. The van der Waals surface area contributed by atoms with Crippen LogP contribution in [0.2, 0.25) is 5.15 Å². The van der Waals surface area contributed by atoms with Gasteiger partial charge in [-0.1, -0.05) is 41.9 Å². The number of nitrogens with two attached hydrogens (primary N) is 2. The number of anilines is 2. The zero-order valence-electron chi connectivity index (χ0n) is 18.1. The third kappa shape index (κ3) is 4.07. The molecule has 0 amide bonds. The molecular formula is C23H18ClFN8O2. The Labute approximate surface area is 202 Å². The van der Waals surface area contributed by atoms with Crippen LogP contribution in [0.25, 0.3) is 28.0 Å². The Morgan fingerprint density at radius 1 is 0.971 bits per heavy atom. The number of nitrogen functional groups attached to an aromatic ring is 2. The van der Waals surface area contributed by atoms with Crippen LogP contribution in [-0.4, -0.2) is 34.2 Å². The van der Waals surface area contributed by atoms with Gasteiger partial charge in [-0.05, 0) is 29.8 Å². The summed E-state index contributed by atoms with van der Waals surface area (Å²) in [5.74, 6) is -1.02. The molecule has 0 radical (unpaired) electrons. The lowest BCUT2D eigenvalue weighted by Gasteiger charge is -2.13. The molecule has 1 aromatic carbocycles. The fourth-order valence-corrected chi connectivity index (χ4v) is 4.02. The van der Waals surface area contributed by atoms with E-state index in [9.17, 15) is 14.3 Å². The van der Waals surface area contributed by atoms with Gasteiger partial charge >= 0.3 is 5.69 Å². The number of aliphatic hydroxyl groups is 1. The molecule has 10 nitrogen and oxygen atoms in total. The Morgan fingerprint density at radius 2 is 1.74 bits per heavy atom. The third-order valence-electron chi connectivity index (χ3n) is 5.34. The highest BCUT2D eigenvalue weighted by molar-refractivity contribution is 6.29. The summed E-state index contributed by atoms with van der Waals surface area (Å²) in [7, 11) is 0. The molecule has 12 heteroatoms. The summed E-state index contributed by atoms with van der Waals surface area (Å²) in [4.78, 5) is 25.8. The van der Waals surface area contributed by atoms with Crippen LogP contribution in [0.3, 0.4) is 0 Å². The number of aliphatic hydroxyl groups excluding tert-OH is 1. The van der Waals surface area contributed by atoms with E-state index >= 15 is 0 Å². The van der Waals surface area contributed by atoms with E-state index in [0.717, 1.165) is 10.2 Å². The maximum Gasteiger partial charge on any atom is 0.353 e. The van der Waals surface area contributed by atoms with Gasteiger partial charge in [-0.3, -0.25) is 0 Å². The molecule has 4 heterocycles. The molecule has 0 aliphatic rings. The van der Waals surface area contributed by atoms with E-state index in [4.69, 9.17) is 23.1 Å². The summed E-state index contributed by atoms with van der Waals surface area (Å²) in [6, 6.07) is 15.0. The molecule has 0 saturated carbocycles. The molecule has 0 aliphatic carbocycles. The van der Waals surface area contributed by atoms with Crippen LogP contribution in [-0.2, 0) is 13.2 Å². The summed E-state index contributed by atoms with van der Waals surface area (Å²) >= 11 is 6.22. The number of benzene rings is 1. The first kappa shape index (κ1) is 22.4. The number of fused-ring (bicyclic) bond motifs is 1. The normalized spacial score (nSPS) is 11.3. The topological polar surface area (TPSA) is 150 Å². The van der Waals surface area contributed by atoms with Crippen molar-refractivity contribution < 1.29 is 9.50 Å². The molecule has 0 aliphatic heterocycles. The number of pyridine rings is 2. The van der Waals surface area contributed by atoms with Crippen LogP contribution in [0.1, 0.15) is 11.4 Å². The molecule has 0 unspecified atom stereocenters. The second-order valence-corrected chi connectivity index (χ2v) is 8.04. The number of rotatable bonds is 5. The summed E-state index contributed by atoms with van der Waals surface area (Å²) in [6.07, 6.45) is 0. The predicted molar refractivity (Wildman–Crippen MR) is 129 cm³/mol. The smallest absolute Gasteiger partial charge is 0.353 e.